The van der Waals surface area contributed by atoms with Crippen LogP contribution < -0.4 is 0 Å². The second kappa shape index (κ2) is 5.95. The Kier molecular flexibility index (Phi) is 4.86. The van der Waals surface area contributed by atoms with Gasteiger partial charge in [0.25, 0.3) is 0 Å². The predicted molar refractivity (Wildman–Crippen MR) is 75.9 cm³/mol. The van der Waals surface area contributed by atoms with Crippen LogP contribution in [0, 0.1) is 16.7 Å². The fraction of sp³-hybridized carbons (Fsp3) is 0.600. The van der Waals surface area contributed by atoms with Crippen molar-refractivity contribution in [1.82, 2.24) is 0 Å². The van der Waals surface area contributed by atoms with Gasteiger partial charge in [-0.1, -0.05) is 46.3 Å². The highest BCUT2D eigenvalue weighted by Gasteiger charge is 2.21. The lowest BCUT2D eigenvalue weighted by Crippen LogP contribution is -2.18. The lowest BCUT2D eigenvalue weighted by Gasteiger charge is -2.27. The van der Waals surface area contributed by atoms with Gasteiger partial charge in [0, 0.05) is 6.20 Å². The molecule has 1 aliphatic rings. The minimum absolute atomic E-state index is 0.316. The Morgan fingerprint density at radius 1 is 1.53 bits per heavy atom. The molecule has 0 radical (unpaired) electrons. The second-order valence-corrected chi connectivity index (χ2v) is 5.40. The van der Waals surface area contributed by atoms with E-state index in [4.69, 9.17) is 5.41 Å². The molecule has 1 N–H and O–H groups in total. The molecule has 0 aromatic heterocycles. The molecule has 0 saturated heterocycles. The maximum atomic E-state index is 7.74. The van der Waals surface area contributed by atoms with Crippen molar-refractivity contribution in [3.8, 4) is 0 Å². The maximum Gasteiger partial charge on any atom is 0.0751 e. The molecule has 0 saturated carbocycles. The Hall–Kier alpha value is -1.18. The zero-order valence-corrected chi connectivity index (χ0v) is 11.5. The first-order valence-electron chi connectivity index (χ1n) is 6.46. The summed E-state index contributed by atoms with van der Waals surface area (Å²) in [4.78, 5) is 4.41. The topological polar surface area (TPSA) is 36.2 Å². The minimum Gasteiger partial charge on any atom is -0.299 e. The molecule has 0 amide bonds. The normalized spacial score (nSPS) is 21.4. The molecule has 1 rings (SSSR count). The second-order valence-electron chi connectivity index (χ2n) is 5.40. The molecule has 0 aliphatic heterocycles. The third kappa shape index (κ3) is 3.95. The van der Waals surface area contributed by atoms with E-state index in [0.717, 1.165) is 25.0 Å². The molecule has 94 valence electrons. The lowest BCUT2D eigenvalue weighted by atomic mass is 9.78. The van der Waals surface area contributed by atoms with Crippen molar-refractivity contribution in [2.24, 2.45) is 16.3 Å². The Morgan fingerprint density at radius 2 is 2.24 bits per heavy atom. The van der Waals surface area contributed by atoms with Crippen molar-refractivity contribution in [2.75, 3.05) is 0 Å². The first kappa shape index (κ1) is 13.9. The molecule has 1 atom stereocenters. The molecule has 1 unspecified atom stereocenters. The summed E-state index contributed by atoms with van der Waals surface area (Å²) in [7, 11) is 0. The van der Waals surface area contributed by atoms with Crippen molar-refractivity contribution in [2.45, 2.75) is 47.0 Å². The van der Waals surface area contributed by atoms with Gasteiger partial charge in [0.15, 0.2) is 0 Å². The van der Waals surface area contributed by atoms with Crippen molar-refractivity contribution in [3.05, 3.63) is 24.4 Å². The van der Waals surface area contributed by atoms with Gasteiger partial charge < -0.3 is 0 Å². The van der Waals surface area contributed by atoms with Gasteiger partial charge in [0.2, 0.25) is 0 Å². The van der Waals surface area contributed by atoms with E-state index in [1.165, 1.54) is 0 Å². The van der Waals surface area contributed by atoms with Crippen LogP contribution >= 0.6 is 0 Å². The van der Waals surface area contributed by atoms with Crippen LogP contribution in [0.3, 0.4) is 0 Å². The van der Waals surface area contributed by atoms with E-state index in [-0.39, 0.29) is 0 Å². The van der Waals surface area contributed by atoms with E-state index in [1.807, 2.05) is 18.4 Å². The standard InChI is InChI=1S/C15H24N2/c1-5-15(3,4)12(2)10-11-17-14-9-7-6-8-13(14)16/h6,8,10-12,16H,5,7,9H2,1-4H3/b11-10-,16-13?,17-14-. The fourth-order valence-electron chi connectivity index (χ4n) is 1.63. The summed E-state index contributed by atoms with van der Waals surface area (Å²) in [6.07, 6.45) is 11.0. The maximum absolute atomic E-state index is 7.74. The molecule has 0 aromatic carbocycles. The van der Waals surface area contributed by atoms with Crippen LogP contribution in [0.1, 0.15) is 47.0 Å². The van der Waals surface area contributed by atoms with Crippen LogP contribution in [0.4, 0.5) is 0 Å². The average molecular weight is 232 g/mol. The molecule has 2 heteroatoms. The molecule has 0 heterocycles. The largest absolute Gasteiger partial charge is 0.299 e. The van der Waals surface area contributed by atoms with E-state index in [1.54, 1.807) is 0 Å². The zero-order valence-electron chi connectivity index (χ0n) is 11.5. The first-order valence-corrected chi connectivity index (χ1v) is 6.46. The van der Waals surface area contributed by atoms with Gasteiger partial charge in [-0.2, -0.15) is 0 Å². The van der Waals surface area contributed by atoms with Crippen LogP contribution in [0.5, 0.6) is 0 Å². The molecular formula is C15H24N2. The third-order valence-electron chi connectivity index (χ3n) is 3.89. The Labute approximate surface area is 105 Å². The van der Waals surface area contributed by atoms with Crippen molar-refractivity contribution in [1.29, 1.82) is 5.41 Å². The van der Waals surface area contributed by atoms with Crippen LogP contribution in [-0.2, 0) is 0 Å². The van der Waals surface area contributed by atoms with Gasteiger partial charge in [-0.25, -0.2) is 0 Å². The number of allylic oxidation sites excluding steroid dienone is 3. The van der Waals surface area contributed by atoms with Crippen LogP contribution in [0.2, 0.25) is 0 Å². The summed E-state index contributed by atoms with van der Waals surface area (Å²) in [6, 6.07) is 0. The van der Waals surface area contributed by atoms with Crippen molar-refractivity contribution < 1.29 is 0 Å². The average Bonchev–Trinajstić information content (AvgIpc) is 2.31. The highest BCUT2D eigenvalue weighted by atomic mass is 14.7. The molecule has 2 nitrogen and oxygen atoms in total. The van der Waals surface area contributed by atoms with Gasteiger partial charge in [-0.3, -0.25) is 10.4 Å². The summed E-state index contributed by atoms with van der Waals surface area (Å²) in [5.74, 6) is 0.505. The molecule has 0 aromatic rings. The highest BCUT2D eigenvalue weighted by Crippen LogP contribution is 2.30. The van der Waals surface area contributed by atoms with E-state index in [9.17, 15) is 0 Å². The number of rotatable bonds is 4. The van der Waals surface area contributed by atoms with E-state index >= 15 is 0 Å². The number of aliphatic imine (C=N–C) groups is 1. The van der Waals surface area contributed by atoms with Crippen molar-refractivity contribution in [3.63, 3.8) is 0 Å². The first-order chi connectivity index (χ1) is 7.97. The van der Waals surface area contributed by atoms with Gasteiger partial charge in [0.1, 0.15) is 0 Å². The predicted octanol–water partition coefficient (Wildman–Crippen LogP) is 4.38. The number of nitrogens with one attached hydrogen (secondary N) is 1. The van der Waals surface area contributed by atoms with Crippen LogP contribution in [0.25, 0.3) is 0 Å². The zero-order chi connectivity index (χ0) is 12.9. The molecule has 0 spiro atoms. The number of hydrogen-bond acceptors (Lipinski definition) is 2. The number of hydrogen-bond donors (Lipinski definition) is 1. The van der Waals surface area contributed by atoms with Crippen LogP contribution in [0.15, 0.2) is 29.4 Å². The lowest BCUT2D eigenvalue weighted by molar-refractivity contribution is 0.266. The molecule has 1 aliphatic carbocycles. The molecule has 0 fully saturated rings. The quantitative estimate of drug-likeness (QED) is 0.746. The van der Waals surface area contributed by atoms with Gasteiger partial charge in [-0.05, 0) is 30.3 Å². The summed E-state index contributed by atoms with van der Waals surface area (Å²) in [5.41, 5.74) is 1.78. The number of nitrogens with zero attached hydrogens (tertiary/aromatic N) is 1. The summed E-state index contributed by atoms with van der Waals surface area (Å²) >= 11 is 0. The highest BCUT2D eigenvalue weighted by molar-refractivity contribution is 6.46. The summed E-state index contributed by atoms with van der Waals surface area (Å²) < 4.78 is 0. The Balaban J connectivity index is 2.63. The smallest absolute Gasteiger partial charge is 0.0751 e. The molecule has 17 heavy (non-hydrogen) atoms. The SMILES string of the molecule is CCC(C)(C)C(C)/C=C\N=C1\CCC=CC1=N. The van der Waals surface area contributed by atoms with Crippen LogP contribution in [-0.4, -0.2) is 11.4 Å². The third-order valence-corrected chi connectivity index (χ3v) is 3.89. The van der Waals surface area contributed by atoms with E-state index in [2.05, 4.69) is 38.8 Å². The van der Waals surface area contributed by atoms with E-state index < -0.39 is 0 Å². The van der Waals surface area contributed by atoms with Gasteiger partial charge in [-0.15, -0.1) is 0 Å². The molecule has 0 bridgehead atoms. The monoisotopic (exact) mass is 232 g/mol. The Morgan fingerprint density at radius 3 is 2.82 bits per heavy atom. The van der Waals surface area contributed by atoms with Gasteiger partial charge >= 0.3 is 0 Å². The fourth-order valence-corrected chi connectivity index (χ4v) is 1.63. The molecular weight excluding hydrogens is 208 g/mol. The summed E-state index contributed by atoms with van der Waals surface area (Å²) in [5, 5.41) is 7.74. The minimum atomic E-state index is 0.316. The van der Waals surface area contributed by atoms with E-state index in [0.29, 0.717) is 17.0 Å². The Bertz CT molecular complexity index is 359. The summed E-state index contributed by atoms with van der Waals surface area (Å²) in [6.45, 7) is 9.01. The van der Waals surface area contributed by atoms with Crippen molar-refractivity contribution >= 4 is 11.4 Å². The van der Waals surface area contributed by atoms with Gasteiger partial charge in [0.05, 0.1) is 11.4 Å².